The number of carboxylic acids is 1. The molecule has 4 N–H and O–H groups in total. The van der Waals surface area contributed by atoms with Gasteiger partial charge in [-0.15, -0.1) is 0 Å². The fourth-order valence-corrected chi connectivity index (χ4v) is 2.28. The molecule has 1 heterocycles. The number of carbonyl (C=O) groups excluding carboxylic acids is 1. The number of carboxylic acid groups (broad SMARTS) is 1. The van der Waals surface area contributed by atoms with Crippen molar-refractivity contribution in [2.24, 2.45) is 0 Å². The van der Waals surface area contributed by atoms with Crippen molar-refractivity contribution in [3.05, 3.63) is 22.5 Å². The van der Waals surface area contributed by atoms with Crippen LogP contribution in [0.3, 0.4) is 0 Å². The summed E-state index contributed by atoms with van der Waals surface area (Å²) in [6.45, 7) is 4.85. The Morgan fingerprint density at radius 2 is 2.00 bits per heavy atom. The quantitative estimate of drug-likeness (QED) is 0.564. The number of H-pyrrole nitrogens is 1. The Hall–Kier alpha value is -1.82. The average Bonchev–Trinajstić information content (AvgIpc) is 3.14. The third kappa shape index (κ3) is 3.39. The fraction of sp³-hybridized carbons (Fsp3) is 0.571. The lowest BCUT2D eigenvalue weighted by molar-refractivity contribution is 0.0690. The minimum Gasteiger partial charge on any atom is -0.477 e. The van der Waals surface area contributed by atoms with E-state index in [9.17, 15) is 9.59 Å². The Morgan fingerprint density at radius 1 is 1.30 bits per heavy atom. The van der Waals surface area contributed by atoms with Gasteiger partial charge in [0, 0.05) is 18.3 Å². The zero-order valence-corrected chi connectivity index (χ0v) is 11.9. The van der Waals surface area contributed by atoms with E-state index in [-0.39, 0.29) is 11.6 Å². The first-order chi connectivity index (χ1) is 9.50. The van der Waals surface area contributed by atoms with Crippen LogP contribution in [-0.4, -0.2) is 41.1 Å². The van der Waals surface area contributed by atoms with Crippen LogP contribution in [0, 0.1) is 13.8 Å². The third-order valence-corrected chi connectivity index (χ3v) is 3.53. The van der Waals surface area contributed by atoms with Gasteiger partial charge >= 0.3 is 5.97 Å². The molecule has 1 aliphatic carbocycles. The van der Waals surface area contributed by atoms with Crippen molar-refractivity contribution in [1.29, 1.82) is 0 Å². The lowest BCUT2D eigenvalue weighted by atomic mass is 10.1. The molecule has 0 atom stereocenters. The number of aromatic nitrogens is 1. The van der Waals surface area contributed by atoms with E-state index in [0.29, 0.717) is 29.4 Å². The smallest absolute Gasteiger partial charge is 0.352 e. The molecule has 20 heavy (non-hydrogen) atoms. The van der Waals surface area contributed by atoms with E-state index in [4.69, 9.17) is 5.11 Å². The fourth-order valence-electron chi connectivity index (χ4n) is 2.28. The van der Waals surface area contributed by atoms with Crippen molar-refractivity contribution in [1.82, 2.24) is 15.6 Å². The van der Waals surface area contributed by atoms with Gasteiger partial charge in [0.25, 0.3) is 5.91 Å². The second kappa shape index (κ2) is 6.09. The van der Waals surface area contributed by atoms with Gasteiger partial charge < -0.3 is 20.7 Å². The number of carbonyl (C=O) groups is 2. The number of hydrogen-bond donors (Lipinski definition) is 4. The average molecular weight is 279 g/mol. The minimum absolute atomic E-state index is 0.0862. The van der Waals surface area contributed by atoms with Gasteiger partial charge in [0.05, 0.1) is 5.56 Å². The maximum atomic E-state index is 12.1. The second-order valence-electron chi connectivity index (χ2n) is 5.27. The topological polar surface area (TPSA) is 94.2 Å². The normalized spacial score (nSPS) is 14.3. The van der Waals surface area contributed by atoms with E-state index in [1.165, 1.54) is 12.8 Å². The summed E-state index contributed by atoms with van der Waals surface area (Å²) in [6.07, 6.45) is 3.38. The lowest BCUT2D eigenvalue weighted by Crippen LogP contribution is -2.28. The van der Waals surface area contributed by atoms with Gasteiger partial charge in [-0.2, -0.15) is 0 Å². The number of aromatic amines is 1. The van der Waals surface area contributed by atoms with E-state index in [1.807, 2.05) is 0 Å². The number of aromatic carboxylic acids is 1. The van der Waals surface area contributed by atoms with Crippen molar-refractivity contribution < 1.29 is 14.7 Å². The van der Waals surface area contributed by atoms with Gasteiger partial charge in [-0.1, -0.05) is 0 Å². The molecule has 2 rings (SSSR count). The van der Waals surface area contributed by atoms with Gasteiger partial charge in [0.15, 0.2) is 0 Å². The van der Waals surface area contributed by atoms with Gasteiger partial charge in [0.2, 0.25) is 0 Å². The summed E-state index contributed by atoms with van der Waals surface area (Å²) in [6, 6.07) is 0.679. The van der Waals surface area contributed by atoms with E-state index in [2.05, 4.69) is 15.6 Å². The second-order valence-corrected chi connectivity index (χ2v) is 5.27. The monoisotopic (exact) mass is 279 g/mol. The van der Waals surface area contributed by atoms with Crippen LogP contribution in [-0.2, 0) is 0 Å². The maximum Gasteiger partial charge on any atom is 0.352 e. The number of amides is 1. The summed E-state index contributed by atoms with van der Waals surface area (Å²) in [5.74, 6) is -1.26. The highest BCUT2D eigenvalue weighted by molar-refractivity contribution is 6.00. The highest BCUT2D eigenvalue weighted by atomic mass is 16.4. The molecule has 6 nitrogen and oxygen atoms in total. The standard InChI is InChI=1S/C14H21N3O3/c1-8-11(9(2)17-12(8)14(19)20)13(18)16-7-3-6-15-10-4-5-10/h10,15,17H,3-7H2,1-2H3,(H,16,18)(H,19,20). The van der Waals surface area contributed by atoms with Crippen molar-refractivity contribution in [2.45, 2.75) is 39.2 Å². The van der Waals surface area contributed by atoms with Crippen molar-refractivity contribution >= 4 is 11.9 Å². The summed E-state index contributed by atoms with van der Waals surface area (Å²) >= 11 is 0. The third-order valence-electron chi connectivity index (χ3n) is 3.53. The predicted molar refractivity (Wildman–Crippen MR) is 75.2 cm³/mol. The van der Waals surface area contributed by atoms with Crippen LogP contribution in [0.25, 0.3) is 0 Å². The maximum absolute atomic E-state index is 12.1. The molecule has 0 spiro atoms. The molecule has 0 unspecified atom stereocenters. The molecule has 1 aliphatic rings. The Balaban J connectivity index is 1.86. The van der Waals surface area contributed by atoms with Crippen LogP contribution in [0.5, 0.6) is 0 Å². The van der Waals surface area contributed by atoms with Crippen LogP contribution in [0.1, 0.15) is 51.4 Å². The van der Waals surface area contributed by atoms with Crippen LogP contribution in [0.2, 0.25) is 0 Å². The molecule has 0 aliphatic heterocycles. The van der Waals surface area contributed by atoms with Gasteiger partial charge in [-0.3, -0.25) is 4.79 Å². The van der Waals surface area contributed by atoms with Crippen molar-refractivity contribution in [3.8, 4) is 0 Å². The molecule has 0 radical (unpaired) electrons. The Kier molecular flexibility index (Phi) is 4.44. The summed E-state index contributed by atoms with van der Waals surface area (Å²) < 4.78 is 0. The molecule has 1 amide bonds. The van der Waals surface area contributed by atoms with Crippen molar-refractivity contribution in [3.63, 3.8) is 0 Å². The molecule has 1 fully saturated rings. The van der Waals surface area contributed by atoms with E-state index < -0.39 is 5.97 Å². The molecule has 0 saturated heterocycles. The van der Waals surface area contributed by atoms with E-state index in [0.717, 1.165) is 13.0 Å². The van der Waals surface area contributed by atoms with Crippen molar-refractivity contribution in [2.75, 3.05) is 13.1 Å². The zero-order chi connectivity index (χ0) is 14.7. The summed E-state index contributed by atoms with van der Waals surface area (Å²) in [4.78, 5) is 25.8. The zero-order valence-electron chi connectivity index (χ0n) is 11.9. The first-order valence-electron chi connectivity index (χ1n) is 6.94. The summed E-state index contributed by atoms with van der Waals surface area (Å²) in [5.41, 5.74) is 1.61. The summed E-state index contributed by atoms with van der Waals surface area (Å²) in [5, 5.41) is 15.2. The minimum atomic E-state index is -1.04. The highest BCUT2D eigenvalue weighted by Crippen LogP contribution is 2.18. The molecule has 110 valence electrons. The molecule has 1 aromatic heterocycles. The Morgan fingerprint density at radius 3 is 2.55 bits per heavy atom. The van der Waals surface area contributed by atoms with Crippen LogP contribution in [0.4, 0.5) is 0 Å². The molecular formula is C14H21N3O3. The van der Waals surface area contributed by atoms with Gasteiger partial charge in [0.1, 0.15) is 5.69 Å². The number of aryl methyl sites for hydroxylation is 1. The molecular weight excluding hydrogens is 258 g/mol. The number of nitrogens with one attached hydrogen (secondary N) is 3. The van der Waals surface area contributed by atoms with Gasteiger partial charge in [-0.05, 0) is 45.2 Å². The highest BCUT2D eigenvalue weighted by Gasteiger charge is 2.21. The number of rotatable bonds is 7. The molecule has 6 heteroatoms. The van der Waals surface area contributed by atoms with Crippen LogP contribution < -0.4 is 10.6 Å². The Bertz CT molecular complexity index is 518. The van der Waals surface area contributed by atoms with Gasteiger partial charge in [-0.25, -0.2) is 4.79 Å². The number of hydrogen-bond acceptors (Lipinski definition) is 3. The molecule has 0 bridgehead atoms. The molecule has 1 aromatic rings. The van der Waals surface area contributed by atoms with E-state index >= 15 is 0 Å². The molecule has 1 saturated carbocycles. The predicted octanol–water partition coefficient (Wildman–Crippen LogP) is 1.20. The van der Waals surface area contributed by atoms with E-state index in [1.54, 1.807) is 13.8 Å². The lowest BCUT2D eigenvalue weighted by Gasteiger charge is -2.06. The van der Waals surface area contributed by atoms with Crippen LogP contribution >= 0.6 is 0 Å². The van der Waals surface area contributed by atoms with Crippen LogP contribution in [0.15, 0.2) is 0 Å². The Labute approximate surface area is 118 Å². The molecule has 0 aromatic carbocycles. The SMILES string of the molecule is Cc1[nH]c(C(=O)O)c(C)c1C(=O)NCCCNC1CC1. The first-order valence-corrected chi connectivity index (χ1v) is 6.94. The summed E-state index contributed by atoms with van der Waals surface area (Å²) in [7, 11) is 0. The largest absolute Gasteiger partial charge is 0.477 e. The first kappa shape index (κ1) is 14.6.